The van der Waals surface area contributed by atoms with Crippen LogP contribution >= 0.6 is 0 Å². The zero-order valence-electron chi connectivity index (χ0n) is 16.9. The van der Waals surface area contributed by atoms with Crippen LogP contribution in [0.2, 0.25) is 0 Å². The molecule has 0 radical (unpaired) electrons. The predicted molar refractivity (Wildman–Crippen MR) is 108 cm³/mol. The second-order valence-corrected chi connectivity index (χ2v) is 10.6. The summed E-state index contributed by atoms with van der Waals surface area (Å²) < 4.78 is 0. The van der Waals surface area contributed by atoms with Crippen LogP contribution in [0.3, 0.4) is 0 Å². The lowest BCUT2D eigenvalue weighted by Crippen LogP contribution is -2.52. The van der Waals surface area contributed by atoms with Crippen molar-refractivity contribution in [3.63, 3.8) is 0 Å². The van der Waals surface area contributed by atoms with E-state index < -0.39 is 0 Å². The summed E-state index contributed by atoms with van der Waals surface area (Å²) in [7, 11) is 0. The van der Waals surface area contributed by atoms with Gasteiger partial charge in [-0.05, 0) is 103 Å². The maximum atomic E-state index is 4.41. The number of fused-ring (bicyclic) bond motifs is 5. The fourth-order valence-corrected chi connectivity index (χ4v) is 8.01. The molecule has 0 N–H and O–H groups in total. The number of nitrogens with zero attached hydrogens (tertiary/aromatic N) is 1. The first-order valence-electron chi connectivity index (χ1n) is 11.1. The number of rotatable bonds is 1. The Hall–Kier alpha value is -1.11. The molecule has 0 spiro atoms. The van der Waals surface area contributed by atoms with Crippen molar-refractivity contribution in [2.24, 2.45) is 40.4 Å². The van der Waals surface area contributed by atoms with E-state index in [0.717, 1.165) is 29.6 Å². The third kappa shape index (κ3) is 2.31. The average molecular weight is 350 g/mol. The molecule has 1 heteroatoms. The second-order valence-electron chi connectivity index (χ2n) is 10.6. The number of allylic oxidation sites excluding steroid dienone is 2. The zero-order chi connectivity index (χ0) is 17.9. The van der Waals surface area contributed by atoms with Gasteiger partial charge in [-0.15, -0.1) is 0 Å². The predicted octanol–water partition coefficient (Wildman–Crippen LogP) is 6.75. The molecular formula is C25H35N. The highest BCUT2D eigenvalue weighted by Gasteiger charge is 2.58. The molecular weight excluding hydrogens is 314 g/mol. The number of pyridine rings is 1. The van der Waals surface area contributed by atoms with E-state index in [4.69, 9.17) is 0 Å². The van der Waals surface area contributed by atoms with Crippen LogP contribution in [0.5, 0.6) is 0 Å². The molecule has 1 aromatic heterocycles. The Labute approximate surface area is 159 Å². The van der Waals surface area contributed by atoms with Crippen LogP contribution in [0, 0.1) is 40.4 Å². The Kier molecular flexibility index (Phi) is 3.89. The van der Waals surface area contributed by atoms with Gasteiger partial charge in [0.2, 0.25) is 0 Å². The molecule has 4 unspecified atom stereocenters. The number of hydrogen-bond acceptors (Lipinski definition) is 1. The lowest BCUT2D eigenvalue weighted by atomic mass is 9.44. The molecule has 140 valence electrons. The first kappa shape index (κ1) is 17.0. The van der Waals surface area contributed by atoms with Crippen molar-refractivity contribution in [2.75, 3.05) is 0 Å². The summed E-state index contributed by atoms with van der Waals surface area (Å²) in [6.45, 7) is 7.76. The average Bonchev–Trinajstić information content (AvgIpc) is 3.00. The van der Waals surface area contributed by atoms with Crippen LogP contribution in [-0.4, -0.2) is 4.98 Å². The lowest BCUT2D eigenvalue weighted by molar-refractivity contribution is -0.103. The molecule has 0 amide bonds. The summed E-state index contributed by atoms with van der Waals surface area (Å²) in [5.74, 6) is 4.77. The second kappa shape index (κ2) is 5.94. The van der Waals surface area contributed by atoms with Gasteiger partial charge in [0.15, 0.2) is 0 Å². The lowest BCUT2D eigenvalue weighted by Gasteiger charge is -2.61. The van der Waals surface area contributed by atoms with E-state index in [2.05, 4.69) is 50.2 Å². The summed E-state index contributed by atoms with van der Waals surface area (Å²) in [6.07, 6.45) is 18.2. The molecule has 1 nitrogen and oxygen atoms in total. The van der Waals surface area contributed by atoms with Gasteiger partial charge in [-0.1, -0.05) is 39.3 Å². The smallest absolute Gasteiger partial charge is 0.0343 e. The SMILES string of the molecule is C[C@H]1CC[C@@]2(C)C(CCC3C2CC[C@]2(C)C(c4cccnc4)=CCC32)C1. The molecule has 0 saturated heterocycles. The molecule has 0 bridgehead atoms. The van der Waals surface area contributed by atoms with E-state index in [0.29, 0.717) is 10.8 Å². The summed E-state index contributed by atoms with van der Waals surface area (Å²) in [5, 5.41) is 0. The summed E-state index contributed by atoms with van der Waals surface area (Å²) in [5.41, 5.74) is 4.00. The zero-order valence-corrected chi connectivity index (χ0v) is 16.9. The standard InChI is InChI=1S/C25H35N/c1-17-10-12-24(2)19(15-17)6-7-20-22-9-8-21(18-5-4-14-26-16-18)25(22,3)13-11-23(20)24/h4-5,8,14,16-17,19-20,22-23H,6-7,9-13,15H2,1-3H3/t17-,19?,20?,22?,23?,24-,25+/m0/s1. The summed E-state index contributed by atoms with van der Waals surface area (Å²) in [6, 6.07) is 4.38. The van der Waals surface area contributed by atoms with E-state index in [9.17, 15) is 0 Å². The number of aromatic nitrogens is 1. The van der Waals surface area contributed by atoms with E-state index in [1.165, 1.54) is 56.9 Å². The summed E-state index contributed by atoms with van der Waals surface area (Å²) >= 11 is 0. The number of hydrogen-bond donors (Lipinski definition) is 0. The first-order chi connectivity index (χ1) is 12.5. The van der Waals surface area contributed by atoms with Crippen LogP contribution in [0.15, 0.2) is 30.6 Å². The van der Waals surface area contributed by atoms with Gasteiger partial charge in [-0.25, -0.2) is 0 Å². The van der Waals surface area contributed by atoms with Crippen LogP contribution in [-0.2, 0) is 0 Å². The molecule has 7 atom stereocenters. The van der Waals surface area contributed by atoms with Crippen molar-refractivity contribution >= 4 is 5.57 Å². The van der Waals surface area contributed by atoms with Crippen molar-refractivity contribution in [3.05, 3.63) is 36.2 Å². The van der Waals surface area contributed by atoms with Gasteiger partial charge in [-0.2, -0.15) is 0 Å². The minimum absolute atomic E-state index is 0.384. The quantitative estimate of drug-likeness (QED) is 0.546. The van der Waals surface area contributed by atoms with Gasteiger partial charge in [-0.3, -0.25) is 4.98 Å². The molecule has 3 saturated carbocycles. The van der Waals surface area contributed by atoms with Crippen molar-refractivity contribution in [1.82, 2.24) is 4.98 Å². The van der Waals surface area contributed by atoms with Crippen molar-refractivity contribution in [1.29, 1.82) is 0 Å². The normalized spacial score (nSPS) is 47.5. The van der Waals surface area contributed by atoms with Gasteiger partial charge in [0, 0.05) is 12.4 Å². The molecule has 26 heavy (non-hydrogen) atoms. The van der Waals surface area contributed by atoms with Gasteiger partial charge in [0.05, 0.1) is 0 Å². The Morgan fingerprint density at radius 1 is 1.04 bits per heavy atom. The highest BCUT2D eigenvalue weighted by molar-refractivity contribution is 5.72. The largest absolute Gasteiger partial charge is 0.264 e. The minimum Gasteiger partial charge on any atom is -0.264 e. The molecule has 4 aliphatic rings. The van der Waals surface area contributed by atoms with Crippen LogP contribution in [0.4, 0.5) is 0 Å². The van der Waals surface area contributed by atoms with Crippen LogP contribution in [0.25, 0.3) is 5.57 Å². The van der Waals surface area contributed by atoms with Gasteiger partial charge < -0.3 is 0 Å². The maximum Gasteiger partial charge on any atom is 0.0343 e. The van der Waals surface area contributed by atoms with Crippen molar-refractivity contribution in [3.8, 4) is 0 Å². The molecule has 4 aliphatic carbocycles. The van der Waals surface area contributed by atoms with Crippen molar-refractivity contribution in [2.45, 2.75) is 72.1 Å². The molecule has 5 rings (SSSR count). The van der Waals surface area contributed by atoms with E-state index >= 15 is 0 Å². The van der Waals surface area contributed by atoms with Gasteiger partial charge in [0.1, 0.15) is 0 Å². The molecule has 1 aromatic rings. The Balaban J connectivity index is 1.44. The van der Waals surface area contributed by atoms with Gasteiger partial charge in [0.25, 0.3) is 0 Å². The molecule has 1 heterocycles. The monoisotopic (exact) mass is 349 g/mol. The van der Waals surface area contributed by atoms with Crippen LogP contribution in [0.1, 0.15) is 77.7 Å². The molecule has 0 aromatic carbocycles. The third-order valence-electron chi connectivity index (χ3n) is 9.48. The maximum absolute atomic E-state index is 4.41. The Morgan fingerprint density at radius 2 is 1.92 bits per heavy atom. The van der Waals surface area contributed by atoms with Crippen molar-refractivity contribution < 1.29 is 0 Å². The van der Waals surface area contributed by atoms with Crippen LogP contribution < -0.4 is 0 Å². The van der Waals surface area contributed by atoms with E-state index in [-0.39, 0.29) is 0 Å². The Morgan fingerprint density at radius 3 is 2.73 bits per heavy atom. The highest BCUT2D eigenvalue weighted by atomic mass is 14.6. The third-order valence-corrected chi connectivity index (χ3v) is 9.48. The molecule has 0 aliphatic heterocycles. The fourth-order valence-electron chi connectivity index (χ4n) is 8.01. The molecule has 3 fully saturated rings. The topological polar surface area (TPSA) is 12.9 Å². The summed E-state index contributed by atoms with van der Waals surface area (Å²) in [4.78, 5) is 4.41. The van der Waals surface area contributed by atoms with E-state index in [1.807, 2.05) is 6.20 Å². The fraction of sp³-hybridized carbons (Fsp3) is 0.720. The van der Waals surface area contributed by atoms with E-state index in [1.54, 1.807) is 5.57 Å². The Bertz CT molecular complexity index is 706. The van der Waals surface area contributed by atoms with Gasteiger partial charge >= 0.3 is 0 Å². The highest BCUT2D eigenvalue weighted by Crippen LogP contribution is 2.67. The minimum atomic E-state index is 0.384. The first-order valence-corrected chi connectivity index (χ1v) is 11.1.